The Labute approximate surface area is 122 Å². The Balaban J connectivity index is 1.98. The molecule has 0 aliphatic heterocycles. The minimum Gasteiger partial charge on any atom is -0.281 e. The average Bonchev–Trinajstić information content (AvgIpc) is 2.72. The van der Waals surface area contributed by atoms with Crippen LogP contribution in [0.3, 0.4) is 0 Å². The maximum atomic E-state index is 5.18. The van der Waals surface area contributed by atoms with Crippen LogP contribution in [0.25, 0.3) is 0 Å². The zero-order valence-corrected chi connectivity index (χ0v) is 13.4. The molecule has 0 radical (unpaired) electrons. The third-order valence-corrected chi connectivity index (χ3v) is 6.22. The van der Waals surface area contributed by atoms with Crippen molar-refractivity contribution in [2.24, 2.45) is 21.7 Å². The molecule has 0 N–H and O–H groups in total. The maximum absolute atomic E-state index is 5.18. The van der Waals surface area contributed by atoms with Crippen molar-refractivity contribution in [1.82, 2.24) is 4.98 Å². The van der Waals surface area contributed by atoms with Gasteiger partial charge in [-0.05, 0) is 56.6 Å². The summed E-state index contributed by atoms with van der Waals surface area (Å²) in [4.78, 5) is 9.69. The van der Waals surface area contributed by atoms with Crippen molar-refractivity contribution in [2.45, 2.75) is 59.4 Å². The fourth-order valence-electron chi connectivity index (χ4n) is 4.22. The van der Waals surface area contributed by atoms with Gasteiger partial charge in [0, 0.05) is 17.3 Å². The Bertz CT molecular complexity index is 542. The zero-order chi connectivity index (χ0) is 14.6. The quantitative estimate of drug-likeness (QED) is 0.770. The number of aromatic nitrogens is 1. The zero-order valence-electron chi connectivity index (χ0n) is 13.4. The maximum Gasteiger partial charge on any atom is 0.0969 e. The fraction of sp³-hybridized carbons (Fsp3) is 0.667. The Hall–Kier alpha value is -1.18. The van der Waals surface area contributed by atoms with Gasteiger partial charge in [-0.2, -0.15) is 0 Å². The van der Waals surface area contributed by atoms with E-state index in [0.29, 0.717) is 5.41 Å². The Morgan fingerprint density at radius 2 is 2.00 bits per heavy atom. The highest BCUT2D eigenvalue weighted by Crippen LogP contribution is 2.64. The lowest BCUT2D eigenvalue weighted by atomic mass is 9.70. The van der Waals surface area contributed by atoms with Crippen LogP contribution in [-0.2, 0) is 5.54 Å². The molecule has 108 valence electrons. The molecule has 2 aliphatic carbocycles. The first kappa shape index (κ1) is 13.8. The molecule has 2 atom stereocenters. The Morgan fingerprint density at radius 1 is 1.25 bits per heavy atom. The highest BCUT2D eigenvalue weighted by atomic mass is 14.9. The van der Waals surface area contributed by atoms with Crippen molar-refractivity contribution in [3.8, 4) is 0 Å². The summed E-state index contributed by atoms with van der Waals surface area (Å²) < 4.78 is 0. The van der Waals surface area contributed by atoms with Crippen LogP contribution in [0.15, 0.2) is 29.4 Å². The third-order valence-electron chi connectivity index (χ3n) is 6.22. The van der Waals surface area contributed by atoms with Crippen LogP contribution in [0.2, 0.25) is 0 Å². The largest absolute Gasteiger partial charge is 0.281 e. The monoisotopic (exact) mass is 270 g/mol. The Kier molecular flexibility index (Phi) is 2.87. The van der Waals surface area contributed by atoms with E-state index >= 15 is 0 Å². The molecule has 2 bridgehead atoms. The summed E-state index contributed by atoms with van der Waals surface area (Å²) in [6.45, 7) is 11.7. The van der Waals surface area contributed by atoms with E-state index in [9.17, 15) is 0 Å². The standard InChI is InChI=1S/C18H26N2/c1-16(2)13-9-10-18(16,5)15(12-13)20-17(3,4)14-8-6-7-11-19-14/h6-8,11,13H,9-10,12H2,1-5H3/t13-,18+/m1/s1. The van der Waals surface area contributed by atoms with E-state index in [0.717, 1.165) is 11.6 Å². The molecule has 0 amide bonds. The van der Waals surface area contributed by atoms with Gasteiger partial charge in [-0.25, -0.2) is 0 Å². The van der Waals surface area contributed by atoms with E-state index in [1.165, 1.54) is 25.0 Å². The highest BCUT2D eigenvalue weighted by Gasteiger charge is 2.60. The third kappa shape index (κ3) is 1.77. The SMILES string of the molecule is CC(C)(N=C1C[C@H]2CC[C@]1(C)C2(C)C)c1ccccn1. The van der Waals surface area contributed by atoms with Gasteiger partial charge < -0.3 is 0 Å². The van der Waals surface area contributed by atoms with E-state index < -0.39 is 0 Å². The van der Waals surface area contributed by atoms with Crippen molar-refractivity contribution >= 4 is 5.71 Å². The fourth-order valence-corrected chi connectivity index (χ4v) is 4.22. The van der Waals surface area contributed by atoms with Gasteiger partial charge in [-0.3, -0.25) is 9.98 Å². The van der Waals surface area contributed by atoms with Crippen molar-refractivity contribution in [2.75, 3.05) is 0 Å². The van der Waals surface area contributed by atoms with E-state index in [1.54, 1.807) is 0 Å². The molecule has 0 unspecified atom stereocenters. The number of rotatable bonds is 2. The number of hydrogen-bond donors (Lipinski definition) is 0. The predicted molar refractivity (Wildman–Crippen MR) is 83.9 cm³/mol. The van der Waals surface area contributed by atoms with Crippen LogP contribution in [0.5, 0.6) is 0 Å². The van der Waals surface area contributed by atoms with Gasteiger partial charge in [0.25, 0.3) is 0 Å². The molecule has 2 heteroatoms. The lowest BCUT2D eigenvalue weighted by molar-refractivity contribution is 0.193. The molecule has 0 spiro atoms. The molecule has 0 aromatic carbocycles. The normalized spacial score (nSPS) is 33.9. The van der Waals surface area contributed by atoms with Gasteiger partial charge in [0.1, 0.15) is 0 Å². The summed E-state index contributed by atoms with van der Waals surface area (Å²) in [6, 6.07) is 6.11. The van der Waals surface area contributed by atoms with Crippen LogP contribution >= 0.6 is 0 Å². The van der Waals surface area contributed by atoms with Gasteiger partial charge in [0.15, 0.2) is 0 Å². The lowest BCUT2D eigenvalue weighted by Gasteiger charge is -2.36. The van der Waals surface area contributed by atoms with Crippen LogP contribution in [0.1, 0.15) is 59.6 Å². The topological polar surface area (TPSA) is 25.2 Å². The molecule has 2 saturated carbocycles. The second kappa shape index (κ2) is 4.16. The average molecular weight is 270 g/mol. The first-order chi connectivity index (χ1) is 9.27. The second-order valence-corrected chi connectivity index (χ2v) is 7.83. The molecule has 3 rings (SSSR count). The van der Waals surface area contributed by atoms with Gasteiger partial charge in [-0.15, -0.1) is 0 Å². The molecule has 1 aromatic rings. The van der Waals surface area contributed by atoms with Gasteiger partial charge >= 0.3 is 0 Å². The summed E-state index contributed by atoms with van der Waals surface area (Å²) in [5.41, 5.74) is 2.95. The number of fused-ring (bicyclic) bond motifs is 2. The van der Waals surface area contributed by atoms with Crippen LogP contribution < -0.4 is 0 Å². The molecule has 2 aliphatic rings. The summed E-state index contributed by atoms with van der Waals surface area (Å²) in [6.07, 6.45) is 5.71. The minimum absolute atomic E-state index is 0.222. The molecular weight excluding hydrogens is 244 g/mol. The summed E-state index contributed by atoms with van der Waals surface area (Å²) >= 11 is 0. The van der Waals surface area contributed by atoms with E-state index in [4.69, 9.17) is 4.99 Å². The first-order valence-electron chi connectivity index (χ1n) is 7.78. The van der Waals surface area contributed by atoms with Gasteiger partial charge in [0.05, 0.1) is 11.2 Å². The van der Waals surface area contributed by atoms with Gasteiger partial charge in [0.2, 0.25) is 0 Å². The molecule has 1 heterocycles. The van der Waals surface area contributed by atoms with E-state index in [-0.39, 0.29) is 11.0 Å². The van der Waals surface area contributed by atoms with Crippen LogP contribution in [0.4, 0.5) is 0 Å². The summed E-state index contributed by atoms with van der Waals surface area (Å²) in [5, 5.41) is 0. The van der Waals surface area contributed by atoms with Crippen LogP contribution in [0, 0.1) is 16.7 Å². The van der Waals surface area contributed by atoms with E-state index in [1.807, 2.05) is 12.3 Å². The molecule has 0 saturated heterocycles. The minimum atomic E-state index is -0.222. The predicted octanol–water partition coefficient (Wildman–Crippen LogP) is 4.60. The summed E-state index contributed by atoms with van der Waals surface area (Å²) in [7, 11) is 0. The van der Waals surface area contributed by atoms with Gasteiger partial charge in [-0.1, -0.05) is 26.8 Å². The molecule has 2 nitrogen and oxygen atoms in total. The van der Waals surface area contributed by atoms with Crippen molar-refractivity contribution < 1.29 is 0 Å². The number of pyridine rings is 1. The van der Waals surface area contributed by atoms with Crippen molar-refractivity contribution in [3.05, 3.63) is 30.1 Å². The highest BCUT2D eigenvalue weighted by molar-refractivity contribution is 5.94. The molecule has 1 aromatic heterocycles. The van der Waals surface area contributed by atoms with Crippen molar-refractivity contribution in [3.63, 3.8) is 0 Å². The second-order valence-electron chi connectivity index (χ2n) is 7.83. The Morgan fingerprint density at radius 3 is 2.50 bits per heavy atom. The number of nitrogens with zero attached hydrogens (tertiary/aromatic N) is 2. The van der Waals surface area contributed by atoms with E-state index in [2.05, 4.69) is 51.7 Å². The molecular formula is C18H26N2. The molecule has 20 heavy (non-hydrogen) atoms. The first-order valence-corrected chi connectivity index (χ1v) is 7.78. The smallest absolute Gasteiger partial charge is 0.0969 e. The number of aliphatic imine (C=N–C) groups is 1. The summed E-state index contributed by atoms with van der Waals surface area (Å²) in [5.74, 6) is 0.811. The lowest BCUT2D eigenvalue weighted by Crippen LogP contribution is -2.34. The number of hydrogen-bond acceptors (Lipinski definition) is 2. The van der Waals surface area contributed by atoms with Crippen molar-refractivity contribution in [1.29, 1.82) is 0 Å². The van der Waals surface area contributed by atoms with Crippen LogP contribution in [-0.4, -0.2) is 10.7 Å². The molecule has 2 fully saturated rings.